The molecule has 8 nitrogen and oxygen atoms in total. The molecule has 0 saturated carbocycles. The predicted molar refractivity (Wildman–Crippen MR) is 76.6 cm³/mol. The standard InChI is InChI=1S/C14H15N4O4/c1-22-6-2-5-15-13(20)10-3-4-12(16-7-10)18-14(21)11(9-19)8-17-18/h3-4,7-8,21H,2,5-6H2,1H3,(H,15,20). The van der Waals surface area contributed by atoms with Crippen molar-refractivity contribution in [1.29, 1.82) is 0 Å². The first-order valence-corrected chi connectivity index (χ1v) is 6.56. The van der Waals surface area contributed by atoms with E-state index in [1.165, 1.54) is 18.5 Å². The Hall–Kier alpha value is -2.74. The Balaban J connectivity index is 2.05. The number of nitrogens with zero attached hydrogens (tertiary/aromatic N) is 3. The van der Waals surface area contributed by atoms with E-state index in [9.17, 15) is 14.7 Å². The molecule has 0 spiro atoms. The molecular weight excluding hydrogens is 288 g/mol. The fraction of sp³-hybridized carbons (Fsp3) is 0.286. The van der Waals surface area contributed by atoms with Crippen LogP contribution in [0.2, 0.25) is 0 Å². The number of pyridine rings is 1. The van der Waals surface area contributed by atoms with Crippen LogP contribution < -0.4 is 5.32 Å². The van der Waals surface area contributed by atoms with Gasteiger partial charge in [-0.15, -0.1) is 0 Å². The fourth-order valence-corrected chi connectivity index (χ4v) is 1.75. The topological polar surface area (TPSA) is 106 Å². The molecule has 2 aromatic rings. The van der Waals surface area contributed by atoms with Gasteiger partial charge in [-0.05, 0) is 18.6 Å². The summed E-state index contributed by atoms with van der Waals surface area (Å²) in [5.41, 5.74) is 0.330. The summed E-state index contributed by atoms with van der Waals surface area (Å²) in [6.07, 6.45) is 4.83. The summed E-state index contributed by atoms with van der Waals surface area (Å²) >= 11 is 0. The number of hydrogen-bond donors (Lipinski definition) is 2. The Labute approximate surface area is 126 Å². The lowest BCUT2D eigenvalue weighted by molar-refractivity contribution is 0.0948. The van der Waals surface area contributed by atoms with Gasteiger partial charge in [0, 0.05) is 26.5 Å². The normalized spacial score (nSPS) is 10.4. The van der Waals surface area contributed by atoms with E-state index in [-0.39, 0.29) is 23.2 Å². The Bertz CT molecular complexity index is 651. The molecular formula is C14H15N4O4. The van der Waals surface area contributed by atoms with Gasteiger partial charge in [0.1, 0.15) is 5.56 Å². The maximum Gasteiger partial charge on any atom is 0.252 e. The zero-order chi connectivity index (χ0) is 15.9. The molecule has 8 heteroatoms. The van der Waals surface area contributed by atoms with Crippen molar-refractivity contribution in [2.24, 2.45) is 0 Å². The molecule has 0 aliphatic heterocycles. The van der Waals surface area contributed by atoms with Crippen molar-refractivity contribution in [3.8, 4) is 11.7 Å². The first-order valence-electron chi connectivity index (χ1n) is 6.56. The second-order valence-corrected chi connectivity index (χ2v) is 4.40. The van der Waals surface area contributed by atoms with Crippen LogP contribution in [0.1, 0.15) is 22.3 Å². The summed E-state index contributed by atoms with van der Waals surface area (Å²) in [6, 6.07) is 3.07. The third-order valence-electron chi connectivity index (χ3n) is 2.89. The summed E-state index contributed by atoms with van der Waals surface area (Å²) in [5, 5.41) is 16.3. The molecule has 0 fully saturated rings. The molecule has 2 aromatic heterocycles. The van der Waals surface area contributed by atoms with Crippen molar-refractivity contribution in [2.45, 2.75) is 6.42 Å². The molecule has 22 heavy (non-hydrogen) atoms. The number of aromatic nitrogens is 3. The lowest BCUT2D eigenvalue weighted by atomic mass is 10.2. The lowest BCUT2D eigenvalue weighted by Gasteiger charge is -2.06. The Morgan fingerprint density at radius 2 is 2.27 bits per heavy atom. The monoisotopic (exact) mass is 303 g/mol. The number of amides is 1. The van der Waals surface area contributed by atoms with Crippen LogP contribution in [0.5, 0.6) is 5.88 Å². The number of ether oxygens (including phenoxy) is 1. The van der Waals surface area contributed by atoms with Gasteiger partial charge >= 0.3 is 0 Å². The van der Waals surface area contributed by atoms with Gasteiger partial charge in [0.2, 0.25) is 12.2 Å². The highest BCUT2D eigenvalue weighted by Gasteiger charge is 2.12. The van der Waals surface area contributed by atoms with Crippen LogP contribution in [0.15, 0.2) is 24.5 Å². The SMILES string of the molecule is COCCCNC(=O)c1ccc(-n2ncc([C]=O)c2O)nc1. The average Bonchev–Trinajstić information content (AvgIpc) is 2.92. The Morgan fingerprint density at radius 1 is 1.45 bits per heavy atom. The summed E-state index contributed by atoms with van der Waals surface area (Å²) in [5.74, 6) is -0.309. The molecule has 2 heterocycles. The largest absolute Gasteiger partial charge is 0.493 e. The molecule has 1 radical (unpaired) electrons. The third kappa shape index (κ3) is 3.47. The minimum atomic E-state index is -0.348. The first kappa shape index (κ1) is 15.6. The highest BCUT2D eigenvalue weighted by Crippen LogP contribution is 2.18. The average molecular weight is 303 g/mol. The maximum absolute atomic E-state index is 11.9. The smallest absolute Gasteiger partial charge is 0.252 e. The maximum atomic E-state index is 11.9. The quantitative estimate of drug-likeness (QED) is 0.708. The first-order chi connectivity index (χ1) is 10.7. The Kier molecular flexibility index (Phi) is 5.21. The van der Waals surface area contributed by atoms with Crippen LogP contribution in [0.25, 0.3) is 5.82 Å². The lowest BCUT2D eigenvalue weighted by Crippen LogP contribution is -2.25. The molecule has 2 N–H and O–H groups in total. The van der Waals surface area contributed by atoms with Crippen LogP contribution in [-0.2, 0) is 9.53 Å². The van der Waals surface area contributed by atoms with Gasteiger partial charge in [-0.1, -0.05) is 0 Å². The second-order valence-electron chi connectivity index (χ2n) is 4.40. The molecule has 115 valence electrons. The molecule has 2 rings (SSSR count). The molecule has 0 bridgehead atoms. The number of hydrogen-bond acceptors (Lipinski definition) is 6. The van der Waals surface area contributed by atoms with Crippen LogP contribution in [0.4, 0.5) is 0 Å². The number of rotatable bonds is 7. The number of nitrogens with one attached hydrogen (secondary N) is 1. The highest BCUT2D eigenvalue weighted by atomic mass is 16.5. The minimum Gasteiger partial charge on any atom is -0.493 e. The molecule has 0 atom stereocenters. The molecule has 1 amide bonds. The zero-order valence-corrected chi connectivity index (χ0v) is 11.9. The van der Waals surface area contributed by atoms with Gasteiger partial charge in [0.05, 0.1) is 11.8 Å². The number of carbonyl (C=O) groups is 1. The van der Waals surface area contributed by atoms with Crippen LogP contribution in [0, 0.1) is 0 Å². The van der Waals surface area contributed by atoms with Crippen LogP contribution in [-0.4, -0.2) is 52.3 Å². The highest BCUT2D eigenvalue weighted by molar-refractivity contribution is 5.93. The van der Waals surface area contributed by atoms with Crippen LogP contribution in [0.3, 0.4) is 0 Å². The van der Waals surface area contributed by atoms with Gasteiger partial charge in [-0.25, -0.2) is 4.98 Å². The fourth-order valence-electron chi connectivity index (χ4n) is 1.75. The van der Waals surface area contributed by atoms with E-state index >= 15 is 0 Å². The number of carbonyl (C=O) groups excluding carboxylic acids is 2. The molecule has 0 unspecified atom stereocenters. The van der Waals surface area contributed by atoms with Crippen molar-refractivity contribution >= 4 is 12.2 Å². The van der Waals surface area contributed by atoms with E-state index in [0.29, 0.717) is 18.7 Å². The van der Waals surface area contributed by atoms with E-state index in [2.05, 4.69) is 15.4 Å². The van der Waals surface area contributed by atoms with Crippen molar-refractivity contribution in [2.75, 3.05) is 20.3 Å². The van der Waals surface area contributed by atoms with Crippen molar-refractivity contribution < 1.29 is 19.4 Å². The summed E-state index contributed by atoms with van der Waals surface area (Å²) in [6.45, 7) is 1.08. The van der Waals surface area contributed by atoms with Gasteiger partial charge in [-0.2, -0.15) is 9.78 Å². The number of methoxy groups -OCH3 is 1. The summed E-state index contributed by atoms with van der Waals surface area (Å²) in [7, 11) is 1.60. The minimum absolute atomic E-state index is 0.0539. The summed E-state index contributed by atoms with van der Waals surface area (Å²) < 4.78 is 5.98. The van der Waals surface area contributed by atoms with Gasteiger partial charge in [0.15, 0.2) is 5.82 Å². The van der Waals surface area contributed by atoms with Crippen molar-refractivity contribution in [3.63, 3.8) is 0 Å². The van der Waals surface area contributed by atoms with Gasteiger partial charge < -0.3 is 15.2 Å². The molecule has 0 aliphatic rings. The number of aromatic hydroxyl groups is 1. The Morgan fingerprint density at radius 3 is 2.86 bits per heavy atom. The van der Waals surface area contributed by atoms with Gasteiger partial charge in [-0.3, -0.25) is 9.59 Å². The van der Waals surface area contributed by atoms with Crippen LogP contribution >= 0.6 is 0 Å². The second kappa shape index (κ2) is 7.32. The van der Waals surface area contributed by atoms with E-state index in [0.717, 1.165) is 11.1 Å². The van der Waals surface area contributed by atoms with E-state index < -0.39 is 0 Å². The van der Waals surface area contributed by atoms with E-state index in [1.54, 1.807) is 19.5 Å². The molecule has 0 saturated heterocycles. The molecule has 0 aromatic carbocycles. The van der Waals surface area contributed by atoms with Crippen molar-refractivity contribution in [3.05, 3.63) is 35.7 Å². The molecule has 0 aliphatic carbocycles. The van der Waals surface area contributed by atoms with Gasteiger partial charge in [0.25, 0.3) is 5.91 Å². The van der Waals surface area contributed by atoms with E-state index in [4.69, 9.17) is 4.74 Å². The third-order valence-corrected chi connectivity index (χ3v) is 2.89. The van der Waals surface area contributed by atoms with E-state index in [1.807, 2.05) is 0 Å². The van der Waals surface area contributed by atoms with Crippen molar-refractivity contribution in [1.82, 2.24) is 20.1 Å². The summed E-state index contributed by atoms with van der Waals surface area (Å²) in [4.78, 5) is 26.4. The predicted octanol–water partition coefficient (Wildman–Crippen LogP) is 0.197. The zero-order valence-electron chi connectivity index (χ0n) is 11.9.